The van der Waals surface area contributed by atoms with Gasteiger partial charge >= 0.3 is 0 Å². The number of rotatable bonds is 3. The molecule has 2 aliphatic rings. The van der Waals surface area contributed by atoms with Crippen LogP contribution >= 0.6 is 0 Å². The molecule has 0 aliphatic heterocycles. The van der Waals surface area contributed by atoms with Crippen molar-refractivity contribution in [2.45, 2.75) is 52.4 Å². The van der Waals surface area contributed by atoms with Crippen LogP contribution in [0.4, 0.5) is 17.1 Å². The molecule has 1 aromatic heterocycles. The Bertz CT molecular complexity index is 2300. The summed E-state index contributed by atoms with van der Waals surface area (Å²) >= 11 is 0. The molecule has 0 spiro atoms. The third-order valence-electron chi connectivity index (χ3n) is 10.8. The Labute approximate surface area is 270 Å². The third-order valence-corrected chi connectivity index (χ3v) is 10.8. The van der Waals surface area contributed by atoms with Crippen LogP contribution in [0.25, 0.3) is 44.2 Å². The summed E-state index contributed by atoms with van der Waals surface area (Å²) in [5, 5.41) is 2.32. The van der Waals surface area contributed by atoms with E-state index in [9.17, 15) is 0 Å². The number of hydrogen-bond acceptors (Lipinski definition) is 2. The lowest BCUT2D eigenvalue weighted by atomic mass is 9.82. The summed E-state index contributed by atoms with van der Waals surface area (Å²) in [7, 11) is 0. The fourth-order valence-electron chi connectivity index (χ4n) is 8.47. The smallest absolute Gasteiger partial charge is 0.138 e. The van der Waals surface area contributed by atoms with Crippen molar-refractivity contribution in [3.05, 3.63) is 149 Å². The molecule has 2 aliphatic carbocycles. The molecule has 2 nitrogen and oxygen atoms in total. The van der Waals surface area contributed by atoms with E-state index in [2.05, 4.69) is 162 Å². The van der Waals surface area contributed by atoms with Crippen molar-refractivity contribution in [3.63, 3.8) is 0 Å². The van der Waals surface area contributed by atoms with Gasteiger partial charge in [0, 0.05) is 38.7 Å². The highest BCUT2D eigenvalue weighted by atomic mass is 16.3. The Hall–Kier alpha value is -5.08. The minimum Gasteiger partial charge on any atom is -0.456 e. The molecule has 0 fully saturated rings. The summed E-state index contributed by atoms with van der Waals surface area (Å²) in [5.74, 6) is 0. The Kier molecular flexibility index (Phi) is 5.47. The molecule has 6 aromatic carbocycles. The highest BCUT2D eigenvalue weighted by molar-refractivity contribution is 6.08. The molecule has 0 saturated heterocycles. The average Bonchev–Trinajstić information content (AvgIpc) is 3.61. The lowest BCUT2D eigenvalue weighted by Gasteiger charge is -2.29. The first kappa shape index (κ1) is 27.2. The van der Waals surface area contributed by atoms with Gasteiger partial charge in [0.1, 0.15) is 11.2 Å². The molecule has 0 bridgehead atoms. The Balaban J connectivity index is 1.28. The standard InChI is InChI=1S/C44H37NO/c1-26-21-27(2)42-36(22-26)35-23-28(17-20-41(35)46-42)45(29-15-18-33-31-11-7-9-13-37(31)43(3,4)39(33)24-29)30-16-19-34-32-12-8-10-14-38(32)44(5,6)40(34)25-30/h7-25H,1-6H3. The molecule has 1 heterocycles. The van der Waals surface area contributed by atoms with Crippen LogP contribution in [0.1, 0.15) is 61.1 Å². The fourth-order valence-corrected chi connectivity index (χ4v) is 8.47. The van der Waals surface area contributed by atoms with E-state index in [0.29, 0.717) is 0 Å². The van der Waals surface area contributed by atoms with Gasteiger partial charge in [0.2, 0.25) is 0 Å². The molecule has 0 unspecified atom stereocenters. The van der Waals surface area contributed by atoms with Gasteiger partial charge in [-0.3, -0.25) is 0 Å². The summed E-state index contributed by atoms with van der Waals surface area (Å²) in [6.45, 7) is 13.7. The zero-order chi connectivity index (χ0) is 31.5. The SMILES string of the molecule is Cc1cc(C)c2oc3ccc(N(c4ccc5c(c4)C(C)(C)c4ccccc4-5)c4ccc5c(c4)C(C)(C)c4ccccc4-5)cc3c2c1. The van der Waals surface area contributed by atoms with Crippen LogP contribution in [0.2, 0.25) is 0 Å². The van der Waals surface area contributed by atoms with Gasteiger partial charge in [-0.05, 0) is 118 Å². The lowest BCUT2D eigenvalue weighted by molar-refractivity contribution is 0.660. The number of aryl methyl sites for hydroxylation is 2. The van der Waals surface area contributed by atoms with E-state index >= 15 is 0 Å². The van der Waals surface area contributed by atoms with Crippen molar-refractivity contribution in [3.8, 4) is 22.3 Å². The van der Waals surface area contributed by atoms with Crippen molar-refractivity contribution >= 4 is 39.0 Å². The number of nitrogens with zero attached hydrogens (tertiary/aromatic N) is 1. The first-order chi connectivity index (χ1) is 22.1. The molecule has 9 rings (SSSR count). The second kappa shape index (κ2) is 9.23. The van der Waals surface area contributed by atoms with Gasteiger partial charge in [-0.25, -0.2) is 0 Å². The van der Waals surface area contributed by atoms with Gasteiger partial charge in [0.05, 0.1) is 0 Å². The van der Waals surface area contributed by atoms with Crippen molar-refractivity contribution in [1.82, 2.24) is 0 Å². The second-order valence-electron chi connectivity index (χ2n) is 14.4. The van der Waals surface area contributed by atoms with Gasteiger partial charge in [0.25, 0.3) is 0 Å². The van der Waals surface area contributed by atoms with Crippen LogP contribution in [0.5, 0.6) is 0 Å². The van der Waals surface area contributed by atoms with E-state index in [1.165, 1.54) is 61.0 Å². The molecule has 7 aromatic rings. The lowest BCUT2D eigenvalue weighted by Crippen LogP contribution is -2.18. The minimum absolute atomic E-state index is 0.0883. The quantitative estimate of drug-likeness (QED) is 0.202. The van der Waals surface area contributed by atoms with Gasteiger partial charge in [-0.15, -0.1) is 0 Å². The van der Waals surface area contributed by atoms with E-state index in [-0.39, 0.29) is 10.8 Å². The fraction of sp³-hybridized carbons (Fsp3) is 0.182. The molecule has 0 radical (unpaired) electrons. The molecular weight excluding hydrogens is 558 g/mol. The topological polar surface area (TPSA) is 16.4 Å². The monoisotopic (exact) mass is 595 g/mol. The maximum atomic E-state index is 6.41. The van der Waals surface area contributed by atoms with Crippen molar-refractivity contribution < 1.29 is 4.42 Å². The van der Waals surface area contributed by atoms with Crippen molar-refractivity contribution in [2.75, 3.05) is 4.90 Å². The summed E-state index contributed by atoms with van der Waals surface area (Å²) in [6, 6.07) is 43.0. The number of benzene rings is 6. The summed E-state index contributed by atoms with van der Waals surface area (Å²) in [6.07, 6.45) is 0. The van der Waals surface area contributed by atoms with Gasteiger partial charge in [-0.1, -0.05) is 94.4 Å². The van der Waals surface area contributed by atoms with Crippen LogP contribution in [0.3, 0.4) is 0 Å². The number of fused-ring (bicyclic) bond motifs is 9. The van der Waals surface area contributed by atoms with Crippen LogP contribution in [0, 0.1) is 13.8 Å². The van der Waals surface area contributed by atoms with Gasteiger partial charge in [-0.2, -0.15) is 0 Å². The zero-order valence-corrected chi connectivity index (χ0v) is 27.3. The number of anilines is 3. The predicted octanol–water partition coefficient (Wildman–Crippen LogP) is 12.3. The maximum absolute atomic E-state index is 6.41. The third kappa shape index (κ3) is 3.64. The highest BCUT2D eigenvalue weighted by Crippen LogP contribution is 2.53. The summed E-state index contributed by atoms with van der Waals surface area (Å²) in [4.78, 5) is 2.44. The molecule has 2 heteroatoms. The Morgan fingerprint density at radius 1 is 0.478 bits per heavy atom. The van der Waals surface area contributed by atoms with Crippen LogP contribution in [-0.2, 0) is 10.8 Å². The normalized spacial score (nSPS) is 15.1. The maximum Gasteiger partial charge on any atom is 0.138 e. The average molecular weight is 596 g/mol. The van der Waals surface area contributed by atoms with Crippen LogP contribution < -0.4 is 4.90 Å². The molecule has 46 heavy (non-hydrogen) atoms. The molecule has 0 atom stereocenters. The van der Waals surface area contributed by atoms with Crippen LogP contribution in [-0.4, -0.2) is 0 Å². The highest BCUT2D eigenvalue weighted by Gasteiger charge is 2.37. The van der Waals surface area contributed by atoms with E-state index in [1.54, 1.807) is 0 Å². The molecule has 0 N–H and O–H groups in total. The number of furan rings is 1. The van der Waals surface area contributed by atoms with Gasteiger partial charge < -0.3 is 9.32 Å². The second-order valence-corrected chi connectivity index (χ2v) is 14.4. The van der Waals surface area contributed by atoms with E-state index in [0.717, 1.165) is 33.6 Å². The number of hydrogen-bond donors (Lipinski definition) is 0. The Morgan fingerprint density at radius 2 is 0.978 bits per heavy atom. The molecule has 0 saturated carbocycles. The largest absolute Gasteiger partial charge is 0.456 e. The van der Waals surface area contributed by atoms with E-state index < -0.39 is 0 Å². The molecule has 0 amide bonds. The molecule has 224 valence electrons. The zero-order valence-electron chi connectivity index (χ0n) is 27.3. The van der Waals surface area contributed by atoms with Crippen LogP contribution in [0.15, 0.2) is 120 Å². The Morgan fingerprint density at radius 3 is 1.57 bits per heavy atom. The minimum atomic E-state index is -0.0883. The summed E-state index contributed by atoms with van der Waals surface area (Å²) < 4.78 is 6.41. The van der Waals surface area contributed by atoms with E-state index in [4.69, 9.17) is 4.42 Å². The molecular formula is C44H37NO. The van der Waals surface area contributed by atoms with E-state index in [1.807, 2.05) is 0 Å². The summed E-state index contributed by atoms with van der Waals surface area (Å²) in [5.41, 5.74) is 18.4. The first-order valence-electron chi connectivity index (χ1n) is 16.4. The van der Waals surface area contributed by atoms with Gasteiger partial charge in [0.15, 0.2) is 0 Å². The van der Waals surface area contributed by atoms with Crippen molar-refractivity contribution in [1.29, 1.82) is 0 Å². The first-order valence-corrected chi connectivity index (χ1v) is 16.4. The van der Waals surface area contributed by atoms with Crippen molar-refractivity contribution in [2.24, 2.45) is 0 Å². The predicted molar refractivity (Wildman–Crippen MR) is 193 cm³/mol.